The minimum absolute atomic E-state index is 0.0388. The van der Waals surface area contributed by atoms with E-state index in [4.69, 9.17) is 0 Å². The molecule has 0 spiro atoms. The summed E-state index contributed by atoms with van der Waals surface area (Å²) in [6.45, 7) is 7.95. The largest absolute Gasteiger partial charge is 0.350 e. The molecule has 2 nitrogen and oxygen atoms in total. The normalized spacial score (nSPS) is 10.5. The van der Waals surface area contributed by atoms with Crippen LogP contribution in [0.5, 0.6) is 0 Å². The number of hydrogen-bond acceptors (Lipinski definition) is 2. The van der Waals surface area contributed by atoms with Gasteiger partial charge in [0.05, 0.1) is 5.56 Å². The lowest BCUT2D eigenvalue weighted by Gasteiger charge is -2.07. The van der Waals surface area contributed by atoms with Crippen molar-refractivity contribution < 1.29 is 4.79 Å². The molecule has 0 unspecified atom stereocenters. The highest BCUT2D eigenvalue weighted by atomic mass is 32.1. The van der Waals surface area contributed by atoms with Gasteiger partial charge in [0.25, 0.3) is 5.91 Å². The Kier molecular flexibility index (Phi) is 3.09. The summed E-state index contributed by atoms with van der Waals surface area (Å²) in [6.07, 6.45) is 0. The quantitative estimate of drug-likeness (QED) is 0.775. The fourth-order valence-electron chi connectivity index (χ4n) is 1.08. The number of carbonyl (C=O) groups excluding carboxylic acids is 1. The third-order valence-electron chi connectivity index (χ3n) is 1.95. The minimum atomic E-state index is 0.0388. The van der Waals surface area contributed by atoms with Gasteiger partial charge in [-0.15, -0.1) is 11.3 Å². The Morgan fingerprint density at radius 3 is 2.46 bits per heavy atom. The second kappa shape index (κ2) is 3.92. The molecule has 1 amide bonds. The van der Waals surface area contributed by atoms with Gasteiger partial charge in [0.1, 0.15) is 0 Å². The highest BCUT2D eigenvalue weighted by molar-refractivity contribution is 7.10. The van der Waals surface area contributed by atoms with Gasteiger partial charge in [0.2, 0.25) is 0 Å². The summed E-state index contributed by atoms with van der Waals surface area (Å²) in [6, 6.07) is 0.201. The smallest absolute Gasteiger partial charge is 0.252 e. The molecule has 1 rings (SSSR count). The van der Waals surface area contributed by atoms with Crippen LogP contribution in [0.4, 0.5) is 0 Å². The molecule has 0 saturated heterocycles. The van der Waals surface area contributed by atoms with E-state index in [0.29, 0.717) is 0 Å². The molecule has 0 saturated carbocycles. The van der Waals surface area contributed by atoms with Gasteiger partial charge in [-0.2, -0.15) is 0 Å². The van der Waals surface area contributed by atoms with E-state index in [1.54, 1.807) is 11.3 Å². The number of nitrogens with one attached hydrogen (secondary N) is 1. The van der Waals surface area contributed by atoms with Crippen LogP contribution in [0, 0.1) is 13.8 Å². The van der Waals surface area contributed by atoms with Gasteiger partial charge in [0.15, 0.2) is 0 Å². The Bertz CT molecular complexity index is 315. The summed E-state index contributed by atoms with van der Waals surface area (Å²) < 4.78 is 0. The zero-order valence-corrected chi connectivity index (χ0v) is 9.29. The first-order valence-electron chi connectivity index (χ1n) is 4.38. The van der Waals surface area contributed by atoms with E-state index < -0.39 is 0 Å². The average molecular weight is 197 g/mol. The average Bonchev–Trinajstić information content (AvgIpc) is 2.31. The Hall–Kier alpha value is -0.830. The van der Waals surface area contributed by atoms with E-state index in [0.717, 1.165) is 11.1 Å². The first-order chi connectivity index (χ1) is 6.02. The second-order valence-electron chi connectivity index (χ2n) is 3.46. The number of carbonyl (C=O) groups is 1. The van der Waals surface area contributed by atoms with Crippen LogP contribution in [-0.2, 0) is 0 Å². The fraction of sp³-hybridized carbons (Fsp3) is 0.500. The minimum Gasteiger partial charge on any atom is -0.350 e. The number of thiophene rings is 1. The molecule has 1 aromatic rings. The van der Waals surface area contributed by atoms with E-state index in [2.05, 4.69) is 5.32 Å². The van der Waals surface area contributed by atoms with Gasteiger partial charge in [-0.1, -0.05) is 0 Å². The van der Waals surface area contributed by atoms with Crippen molar-refractivity contribution in [1.82, 2.24) is 5.32 Å². The monoisotopic (exact) mass is 197 g/mol. The summed E-state index contributed by atoms with van der Waals surface area (Å²) in [5, 5.41) is 4.80. The van der Waals surface area contributed by atoms with E-state index >= 15 is 0 Å². The van der Waals surface area contributed by atoms with Crippen molar-refractivity contribution in [3.63, 3.8) is 0 Å². The molecule has 0 bridgehead atoms. The lowest BCUT2D eigenvalue weighted by molar-refractivity contribution is 0.0943. The van der Waals surface area contributed by atoms with Gasteiger partial charge in [-0.3, -0.25) is 4.79 Å². The molecule has 0 atom stereocenters. The van der Waals surface area contributed by atoms with Crippen molar-refractivity contribution in [1.29, 1.82) is 0 Å². The summed E-state index contributed by atoms with van der Waals surface area (Å²) >= 11 is 1.63. The lowest BCUT2D eigenvalue weighted by Crippen LogP contribution is -2.30. The van der Waals surface area contributed by atoms with Gasteiger partial charge in [-0.05, 0) is 33.3 Å². The maximum atomic E-state index is 11.6. The standard InChI is InChI=1S/C10H15NOS/c1-6(2)11-10(12)9-5-13-8(4)7(9)3/h5-6H,1-4H3,(H,11,12). The molecular formula is C10H15NOS. The Morgan fingerprint density at radius 1 is 1.46 bits per heavy atom. The molecule has 0 fully saturated rings. The molecule has 0 aliphatic heterocycles. The third kappa shape index (κ3) is 2.31. The van der Waals surface area contributed by atoms with Crippen molar-refractivity contribution >= 4 is 17.2 Å². The van der Waals surface area contributed by atoms with Crippen LogP contribution >= 0.6 is 11.3 Å². The third-order valence-corrected chi connectivity index (χ3v) is 2.96. The number of aryl methyl sites for hydroxylation is 1. The highest BCUT2D eigenvalue weighted by Gasteiger charge is 2.12. The van der Waals surface area contributed by atoms with Crippen LogP contribution < -0.4 is 5.32 Å². The van der Waals surface area contributed by atoms with Crippen LogP contribution in [0.25, 0.3) is 0 Å². The molecule has 1 aromatic heterocycles. The van der Waals surface area contributed by atoms with Crippen molar-refractivity contribution in [2.75, 3.05) is 0 Å². The van der Waals surface area contributed by atoms with E-state index in [-0.39, 0.29) is 11.9 Å². The van der Waals surface area contributed by atoms with Crippen LogP contribution in [0.15, 0.2) is 5.38 Å². The zero-order valence-electron chi connectivity index (χ0n) is 8.47. The predicted octanol–water partition coefficient (Wildman–Crippen LogP) is 2.50. The SMILES string of the molecule is Cc1scc(C(=O)NC(C)C)c1C. The van der Waals surface area contributed by atoms with E-state index in [1.807, 2.05) is 33.1 Å². The van der Waals surface area contributed by atoms with Crippen molar-refractivity contribution in [3.8, 4) is 0 Å². The molecule has 72 valence electrons. The van der Waals surface area contributed by atoms with Crippen molar-refractivity contribution in [2.24, 2.45) is 0 Å². The van der Waals surface area contributed by atoms with E-state index in [9.17, 15) is 4.79 Å². The van der Waals surface area contributed by atoms with Crippen LogP contribution in [0.3, 0.4) is 0 Å². The highest BCUT2D eigenvalue weighted by Crippen LogP contribution is 2.20. The molecule has 3 heteroatoms. The summed E-state index contributed by atoms with van der Waals surface area (Å²) in [4.78, 5) is 12.8. The van der Waals surface area contributed by atoms with Gasteiger partial charge >= 0.3 is 0 Å². The fourth-order valence-corrected chi connectivity index (χ4v) is 1.94. The molecule has 0 radical (unpaired) electrons. The Balaban J connectivity index is 2.83. The molecule has 0 aliphatic rings. The molecule has 1 heterocycles. The molecule has 13 heavy (non-hydrogen) atoms. The van der Waals surface area contributed by atoms with Crippen LogP contribution in [-0.4, -0.2) is 11.9 Å². The summed E-state index contributed by atoms with van der Waals surface area (Å²) in [7, 11) is 0. The molecule has 0 aliphatic carbocycles. The zero-order chi connectivity index (χ0) is 10.0. The summed E-state index contributed by atoms with van der Waals surface area (Å²) in [5.41, 5.74) is 1.92. The number of rotatable bonds is 2. The van der Waals surface area contributed by atoms with Gasteiger partial charge in [0, 0.05) is 16.3 Å². The predicted molar refractivity (Wildman–Crippen MR) is 56.4 cm³/mol. The molecule has 1 N–H and O–H groups in total. The van der Waals surface area contributed by atoms with E-state index in [1.165, 1.54) is 4.88 Å². The Labute approximate surface area is 83.0 Å². The summed E-state index contributed by atoms with van der Waals surface area (Å²) in [5.74, 6) is 0.0388. The second-order valence-corrected chi connectivity index (χ2v) is 4.54. The van der Waals surface area contributed by atoms with Gasteiger partial charge in [-0.25, -0.2) is 0 Å². The lowest BCUT2D eigenvalue weighted by atomic mass is 10.1. The van der Waals surface area contributed by atoms with Crippen LogP contribution in [0.1, 0.15) is 34.6 Å². The maximum Gasteiger partial charge on any atom is 0.252 e. The van der Waals surface area contributed by atoms with Crippen molar-refractivity contribution in [2.45, 2.75) is 33.7 Å². The number of amides is 1. The maximum absolute atomic E-state index is 11.6. The van der Waals surface area contributed by atoms with Crippen molar-refractivity contribution in [3.05, 3.63) is 21.4 Å². The number of hydrogen-bond donors (Lipinski definition) is 1. The molecular weight excluding hydrogens is 182 g/mol. The van der Waals surface area contributed by atoms with Crippen LogP contribution in [0.2, 0.25) is 0 Å². The first kappa shape index (κ1) is 10.3. The topological polar surface area (TPSA) is 29.1 Å². The molecule has 0 aromatic carbocycles. The Morgan fingerprint density at radius 2 is 2.08 bits per heavy atom. The first-order valence-corrected chi connectivity index (χ1v) is 5.26. The van der Waals surface area contributed by atoms with Gasteiger partial charge < -0.3 is 5.32 Å².